The van der Waals surface area contributed by atoms with Gasteiger partial charge in [0.2, 0.25) is 5.91 Å². The first kappa shape index (κ1) is 13.1. The van der Waals surface area contributed by atoms with Crippen LogP contribution in [0.25, 0.3) is 0 Å². The van der Waals surface area contributed by atoms with Gasteiger partial charge in [-0.05, 0) is 40.0 Å². The Labute approximate surface area is 118 Å². The third-order valence-electron chi connectivity index (χ3n) is 2.37. The minimum absolute atomic E-state index is 0.0545. The molecule has 6 heteroatoms. The molecule has 0 saturated carbocycles. The molecule has 2 rings (SSSR count). The van der Waals surface area contributed by atoms with Gasteiger partial charge in [0.15, 0.2) is 0 Å². The first-order chi connectivity index (χ1) is 8.63. The summed E-state index contributed by atoms with van der Waals surface area (Å²) in [5.74, 6) is 0.532. The van der Waals surface area contributed by atoms with Gasteiger partial charge in [0, 0.05) is 17.5 Å². The fourth-order valence-corrected chi connectivity index (χ4v) is 1.93. The molecular weight excluding hydrogens is 318 g/mol. The van der Waals surface area contributed by atoms with E-state index in [2.05, 4.69) is 31.4 Å². The van der Waals surface area contributed by atoms with Crippen LogP contribution in [0.5, 0.6) is 0 Å². The van der Waals surface area contributed by atoms with Gasteiger partial charge < -0.3 is 5.32 Å². The average molecular weight is 329 g/mol. The number of H-pyrrole nitrogens is 1. The van der Waals surface area contributed by atoms with Gasteiger partial charge in [0.05, 0.1) is 0 Å². The molecule has 1 aromatic carbocycles. The number of carbonyl (C=O) groups excluding carboxylic acids is 1. The number of benzene rings is 1. The molecule has 0 fully saturated rings. The van der Waals surface area contributed by atoms with Crippen molar-refractivity contribution in [2.24, 2.45) is 0 Å². The molecule has 1 heterocycles. The summed E-state index contributed by atoms with van der Waals surface area (Å²) in [7, 11) is 0. The summed E-state index contributed by atoms with van der Waals surface area (Å²) in [6.45, 7) is 0. The minimum Gasteiger partial charge on any atom is -0.311 e. The molecule has 1 amide bonds. The van der Waals surface area contributed by atoms with Crippen LogP contribution in [0.1, 0.15) is 12.0 Å². The predicted molar refractivity (Wildman–Crippen MR) is 74.7 cm³/mol. The Morgan fingerprint density at radius 1 is 1.39 bits per heavy atom. The molecule has 0 aliphatic carbocycles. The van der Waals surface area contributed by atoms with Crippen LogP contribution in [-0.2, 0) is 11.2 Å². The lowest BCUT2D eigenvalue weighted by molar-refractivity contribution is -0.116. The average Bonchev–Trinajstić information content (AvgIpc) is 2.74. The lowest BCUT2D eigenvalue weighted by Crippen LogP contribution is -2.12. The van der Waals surface area contributed by atoms with E-state index >= 15 is 0 Å². The summed E-state index contributed by atoms with van der Waals surface area (Å²) in [6, 6.07) is 9.19. The van der Waals surface area contributed by atoms with E-state index < -0.39 is 0 Å². The van der Waals surface area contributed by atoms with Gasteiger partial charge in [-0.3, -0.25) is 9.89 Å². The van der Waals surface area contributed by atoms with Crippen molar-refractivity contribution in [1.82, 2.24) is 10.2 Å². The molecule has 0 aliphatic rings. The largest absolute Gasteiger partial charge is 0.311 e. The van der Waals surface area contributed by atoms with Gasteiger partial charge in [-0.2, -0.15) is 5.10 Å². The maximum atomic E-state index is 11.7. The fraction of sp³-hybridized carbons (Fsp3) is 0.167. The summed E-state index contributed by atoms with van der Waals surface area (Å²) in [4.78, 5) is 11.7. The molecule has 1 aromatic heterocycles. The van der Waals surface area contributed by atoms with Crippen LogP contribution in [0, 0.1) is 0 Å². The highest BCUT2D eigenvalue weighted by atomic mass is 79.9. The van der Waals surface area contributed by atoms with E-state index in [1.165, 1.54) is 0 Å². The highest BCUT2D eigenvalue weighted by Gasteiger charge is 2.05. The highest BCUT2D eigenvalue weighted by molar-refractivity contribution is 9.10. The Hall–Kier alpha value is -1.33. The summed E-state index contributed by atoms with van der Waals surface area (Å²) in [5.41, 5.74) is 1.08. The Morgan fingerprint density at radius 3 is 2.72 bits per heavy atom. The Kier molecular flexibility index (Phi) is 4.38. The molecule has 0 unspecified atom stereocenters. The van der Waals surface area contributed by atoms with Crippen molar-refractivity contribution in [2.45, 2.75) is 12.8 Å². The van der Waals surface area contributed by atoms with E-state index in [1.54, 1.807) is 6.07 Å². The maximum Gasteiger partial charge on any atom is 0.225 e. The van der Waals surface area contributed by atoms with E-state index in [0.29, 0.717) is 28.3 Å². The van der Waals surface area contributed by atoms with Crippen LogP contribution in [0.2, 0.25) is 5.02 Å². The van der Waals surface area contributed by atoms with Crippen LogP contribution < -0.4 is 5.32 Å². The minimum atomic E-state index is -0.0545. The lowest BCUT2D eigenvalue weighted by Gasteiger charge is -2.02. The number of rotatable bonds is 4. The van der Waals surface area contributed by atoms with E-state index in [9.17, 15) is 4.79 Å². The van der Waals surface area contributed by atoms with Crippen molar-refractivity contribution >= 4 is 39.3 Å². The molecule has 4 nitrogen and oxygen atoms in total. The SMILES string of the molecule is O=C(CCc1ccc(Cl)cc1)Nc1cc(Br)n[nH]1. The van der Waals surface area contributed by atoms with Gasteiger partial charge >= 0.3 is 0 Å². The van der Waals surface area contributed by atoms with Crippen LogP contribution in [0.15, 0.2) is 34.9 Å². The summed E-state index contributed by atoms with van der Waals surface area (Å²) >= 11 is 8.99. The second-order valence-corrected chi connectivity index (χ2v) is 5.03. The second-order valence-electron chi connectivity index (χ2n) is 3.78. The number of hydrogen-bond donors (Lipinski definition) is 2. The zero-order chi connectivity index (χ0) is 13.0. The monoisotopic (exact) mass is 327 g/mol. The molecule has 2 aromatic rings. The summed E-state index contributed by atoms with van der Waals surface area (Å²) in [5, 5.41) is 9.99. The van der Waals surface area contributed by atoms with E-state index in [1.807, 2.05) is 24.3 Å². The maximum absolute atomic E-state index is 11.7. The van der Waals surface area contributed by atoms with E-state index in [4.69, 9.17) is 11.6 Å². The Balaban J connectivity index is 1.83. The number of aromatic amines is 1. The molecule has 0 aliphatic heterocycles. The zero-order valence-corrected chi connectivity index (χ0v) is 11.8. The third-order valence-corrected chi connectivity index (χ3v) is 3.03. The number of nitrogens with zero attached hydrogens (tertiary/aromatic N) is 1. The molecule has 94 valence electrons. The number of carbonyl (C=O) groups is 1. The first-order valence-corrected chi connectivity index (χ1v) is 6.56. The second kappa shape index (κ2) is 6.02. The normalized spacial score (nSPS) is 10.3. The van der Waals surface area contributed by atoms with Gasteiger partial charge in [0.1, 0.15) is 10.4 Å². The quantitative estimate of drug-likeness (QED) is 0.904. The topological polar surface area (TPSA) is 57.8 Å². The Morgan fingerprint density at radius 2 is 2.11 bits per heavy atom. The van der Waals surface area contributed by atoms with Crippen molar-refractivity contribution < 1.29 is 4.79 Å². The van der Waals surface area contributed by atoms with Crippen LogP contribution in [0.4, 0.5) is 5.82 Å². The predicted octanol–water partition coefficient (Wildman–Crippen LogP) is 3.40. The summed E-state index contributed by atoms with van der Waals surface area (Å²) in [6.07, 6.45) is 1.09. The van der Waals surface area contributed by atoms with Crippen LogP contribution >= 0.6 is 27.5 Å². The van der Waals surface area contributed by atoms with Crippen molar-refractivity contribution in [2.75, 3.05) is 5.32 Å². The molecule has 0 spiro atoms. The molecule has 0 saturated heterocycles. The molecular formula is C12H11BrClN3O. The number of anilines is 1. The highest BCUT2D eigenvalue weighted by Crippen LogP contribution is 2.13. The fourth-order valence-electron chi connectivity index (χ4n) is 1.48. The number of hydrogen-bond acceptors (Lipinski definition) is 2. The van der Waals surface area contributed by atoms with Gasteiger partial charge in [-0.25, -0.2) is 0 Å². The van der Waals surface area contributed by atoms with Gasteiger partial charge in [-0.15, -0.1) is 0 Å². The van der Waals surface area contributed by atoms with Crippen molar-refractivity contribution in [1.29, 1.82) is 0 Å². The third kappa shape index (κ3) is 3.85. The number of aromatic nitrogens is 2. The summed E-state index contributed by atoms with van der Waals surface area (Å²) < 4.78 is 0.663. The van der Waals surface area contributed by atoms with E-state index in [0.717, 1.165) is 5.56 Å². The molecule has 0 radical (unpaired) electrons. The van der Waals surface area contributed by atoms with Gasteiger partial charge in [-0.1, -0.05) is 23.7 Å². The number of amides is 1. The first-order valence-electron chi connectivity index (χ1n) is 5.39. The molecule has 18 heavy (non-hydrogen) atoms. The van der Waals surface area contributed by atoms with Crippen LogP contribution in [0.3, 0.4) is 0 Å². The van der Waals surface area contributed by atoms with E-state index in [-0.39, 0.29) is 5.91 Å². The lowest BCUT2D eigenvalue weighted by atomic mass is 10.1. The van der Waals surface area contributed by atoms with Crippen molar-refractivity contribution in [3.8, 4) is 0 Å². The van der Waals surface area contributed by atoms with Crippen molar-refractivity contribution in [3.63, 3.8) is 0 Å². The Bertz CT molecular complexity index is 539. The van der Waals surface area contributed by atoms with Crippen LogP contribution in [-0.4, -0.2) is 16.1 Å². The molecule has 0 atom stereocenters. The number of halogens is 2. The number of aryl methyl sites for hydroxylation is 1. The number of nitrogens with one attached hydrogen (secondary N) is 2. The van der Waals surface area contributed by atoms with Gasteiger partial charge in [0.25, 0.3) is 0 Å². The standard InChI is InChI=1S/C12H11BrClN3O/c13-10-7-11(17-16-10)15-12(18)6-3-8-1-4-9(14)5-2-8/h1-2,4-5,7H,3,6H2,(H2,15,16,17,18). The zero-order valence-electron chi connectivity index (χ0n) is 9.41. The smallest absolute Gasteiger partial charge is 0.225 e. The molecule has 0 bridgehead atoms. The van der Waals surface area contributed by atoms with Crippen molar-refractivity contribution in [3.05, 3.63) is 45.5 Å². The molecule has 2 N–H and O–H groups in total.